The quantitative estimate of drug-likeness (QED) is 0.219. The lowest BCUT2D eigenvalue weighted by atomic mass is 10.1. The van der Waals surface area contributed by atoms with Crippen molar-refractivity contribution in [3.05, 3.63) is 57.6 Å². The Morgan fingerprint density at radius 3 is 2.53 bits per heavy atom. The number of nitrogens with zero attached hydrogens (tertiary/aromatic N) is 1. The van der Waals surface area contributed by atoms with Crippen LogP contribution in [0.1, 0.15) is 48.5 Å². The van der Waals surface area contributed by atoms with Gasteiger partial charge in [-0.05, 0) is 56.9 Å². The van der Waals surface area contributed by atoms with E-state index in [0.29, 0.717) is 31.1 Å². The third-order valence-corrected chi connectivity index (χ3v) is 4.61. The van der Waals surface area contributed by atoms with Crippen LogP contribution in [0.2, 0.25) is 0 Å². The van der Waals surface area contributed by atoms with Crippen LogP contribution in [0.15, 0.2) is 36.4 Å². The van der Waals surface area contributed by atoms with Crippen molar-refractivity contribution < 1.29 is 28.7 Å². The van der Waals surface area contributed by atoms with Crippen LogP contribution in [0, 0.1) is 17.0 Å². The standard InChI is InChI=1S/C23H28N2O7/c1-4-31-22(26)8-6-5-7-13-32-20-14-16(2)9-11-18(20)24-23(27)17-10-12-19(25(28)29)21(15-17)30-3/h9-12,14-15H,4-8,13H2,1-3H3,(H,24,27). The van der Waals surface area contributed by atoms with Gasteiger partial charge in [0.25, 0.3) is 5.91 Å². The number of carbonyl (C=O) groups excluding carboxylic acids is 2. The number of amides is 1. The summed E-state index contributed by atoms with van der Waals surface area (Å²) >= 11 is 0. The van der Waals surface area contributed by atoms with Gasteiger partial charge in [-0.15, -0.1) is 0 Å². The van der Waals surface area contributed by atoms with Gasteiger partial charge in [0, 0.05) is 24.1 Å². The number of benzene rings is 2. The van der Waals surface area contributed by atoms with Crippen molar-refractivity contribution in [2.24, 2.45) is 0 Å². The van der Waals surface area contributed by atoms with Gasteiger partial charge in [0.2, 0.25) is 0 Å². The van der Waals surface area contributed by atoms with E-state index in [0.717, 1.165) is 24.8 Å². The molecule has 32 heavy (non-hydrogen) atoms. The van der Waals surface area contributed by atoms with Gasteiger partial charge in [0.05, 0.1) is 30.9 Å². The molecule has 0 saturated carbocycles. The Labute approximate surface area is 186 Å². The van der Waals surface area contributed by atoms with Crippen LogP contribution in [0.25, 0.3) is 0 Å². The molecule has 0 saturated heterocycles. The van der Waals surface area contributed by atoms with E-state index in [2.05, 4.69) is 5.32 Å². The maximum Gasteiger partial charge on any atom is 0.310 e. The van der Waals surface area contributed by atoms with E-state index in [1.54, 1.807) is 13.0 Å². The van der Waals surface area contributed by atoms with Gasteiger partial charge in [0.1, 0.15) is 5.75 Å². The molecule has 0 unspecified atom stereocenters. The molecule has 2 aromatic carbocycles. The van der Waals surface area contributed by atoms with Gasteiger partial charge in [0.15, 0.2) is 5.75 Å². The average molecular weight is 444 g/mol. The summed E-state index contributed by atoms with van der Waals surface area (Å²) < 4.78 is 15.8. The molecule has 0 radical (unpaired) electrons. The number of anilines is 1. The van der Waals surface area contributed by atoms with Crippen molar-refractivity contribution >= 4 is 23.3 Å². The summed E-state index contributed by atoms with van der Waals surface area (Å²) in [5, 5.41) is 13.8. The number of methoxy groups -OCH3 is 1. The van der Waals surface area contributed by atoms with Crippen molar-refractivity contribution in [2.45, 2.75) is 39.5 Å². The van der Waals surface area contributed by atoms with E-state index in [1.165, 1.54) is 25.3 Å². The molecule has 0 fully saturated rings. The highest BCUT2D eigenvalue weighted by atomic mass is 16.6. The molecule has 0 aromatic heterocycles. The Balaban J connectivity index is 1.98. The molecule has 0 bridgehead atoms. The van der Waals surface area contributed by atoms with Crippen molar-refractivity contribution in [1.82, 2.24) is 0 Å². The molecule has 1 N–H and O–H groups in total. The maximum absolute atomic E-state index is 12.7. The van der Waals surface area contributed by atoms with Gasteiger partial charge in [-0.25, -0.2) is 0 Å². The van der Waals surface area contributed by atoms with Gasteiger partial charge < -0.3 is 19.5 Å². The highest BCUT2D eigenvalue weighted by Gasteiger charge is 2.18. The predicted molar refractivity (Wildman–Crippen MR) is 119 cm³/mol. The molecular formula is C23H28N2O7. The van der Waals surface area contributed by atoms with Gasteiger partial charge in [-0.3, -0.25) is 19.7 Å². The number of nitro groups is 1. The first-order chi connectivity index (χ1) is 15.3. The minimum absolute atomic E-state index is 0.00541. The molecule has 0 aliphatic rings. The molecule has 0 atom stereocenters. The lowest BCUT2D eigenvalue weighted by molar-refractivity contribution is -0.385. The van der Waals surface area contributed by atoms with Crippen molar-refractivity contribution in [3.63, 3.8) is 0 Å². The predicted octanol–water partition coefficient (Wildman–Crippen LogP) is 4.67. The number of ether oxygens (including phenoxy) is 3. The van der Waals surface area contributed by atoms with Gasteiger partial charge >= 0.3 is 11.7 Å². The summed E-state index contributed by atoms with van der Waals surface area (Å²) in [6, 6.07) is 9.34. The monoisotopic (exact) mass is 444 g/mol. The third-order valence-electron chi connectivity index (χ3n) is 4.61. The number of aryl methyl sites for hydroxylation is 1. The summed E-state index contributed by atoms with van der Waals surface area (Å²) in [6.45, 7) is 4.51. The highest BCUT2D eigenvalue weighted by molar-refractivity contribution is 6.05. The normalized spacial score (nSPS) is 10.3. The number of esters is 1. The van der Waals surface area contributed by atoms with E-state index >= 15 is 0 Å². The largest absolute Gasteiger partial charge is 0.491 e. The maximum atomic E-state index is 12.7. The number of carbonyl (C=O) groups is 2. The molecule has 0 aliphatic heterocycles. The highest BCUT2D eigenvalue weighted by Crippen LogP contribution is 2.30. The van der Waals surface area contributed by atoms with E-state index in [4.69, 9.17) is 14.2 Å². The fourth-order valence-electron chi connectivity index (χ4n) is 2.98. The molecule has 0 heterocycles. The minimum atomic E-state index is -0.570. The fourth-order valence-corrected chi connectivity index (χ4v) is 2.98. The topological polar surface area (TPSA) is 117 Å². The Morgan fingerprint density at radius 2 is 1.84 bits per heavy atom. The first kappa shape index (κ1) is 24.6. The second-order valence-corrected chi connectivity index (χ2v) is 7.06. The molecule has 1 amide bonds. The van der Waals surface area contributed by atoms with E-state index in [1.807, 2.05) is 19.1 Å². The SMILES string of the molecule is CCOC(=O)CCCCCOc1cc(C)ccc1NC(=O)c1ccc([N+](=O)[O-])c(OC)c1. The van der Waals surface area contributed by atoms with E-state index in [-0.39, 0.29) is 23.0 Å². The van der Waals surface area contributed by atoms with Crippen molar-refractivity contribution in [3.8, 4) is 11.5 Å². The summed E-state index contributed by atoms with van der Waals surface area (Å²) in [7, 11) is 1.31. The Morgan fingerprint density at radius 1 is 1.06 bits per heavy atom. The lowest BCUT2D eigenvalue weighted by Gasteiger charge is -2.14. The molecule has 2 rings (SSSR count). The summed E-state index contributed by atoms with van der Waals surface area (Å²) in [5.74, 6) is -0.107. The number of rotatable bonds is 12. The fraction of sp³-hybridized carbons (Fsp3) is 0.391. The number of nitro benzene ring substituents is 1. The van der Waals surface area contributed by atoms with Crippen molar-refractivity contribution in [2.75, 3.05) is 25.6 Å². The first-order valence-corrected chi connectivity index (χ1v) is 10.4. The minimum Gasteiger partial charge on any atom is -0.491 e. The molecule has 172 valence electrons. The van der Waals surface area contributed by atoms with Crippen LogP contribution in [-0.4, -0.2) is 37.1 Å². The summed E-state index contributed by atoms with van der Waals surface area (Å²) in [5.41, 5.74) is 1.46. The number of hydrogen-bond donors (Lipinski definition) is 1. The second-order valence-electron chi connectivity index (χ2n) is 7.06. The second kappa shape index (κ2) is 12.3. The van der Waals surface area contributed by atoms with Gasteiger partial charge in [-0.1, -0.05) is 6.07 Å². The number of hydrogen-bond acceptors (Lipinski definition) is 7. The van der Waals surface area contributed by atoms with Crippen molar-refractivity contribution in [1.29, 1.82) is 0 Å². The van der Waals surface area contributed by atoms with Crippen LogP contribution >= 0.6 is 0 Å². The molecule has 2 aromatic rings. The van der Waals surface area contributed by atoms with Crippen LogP contribution < -0.4 is 14.8 Å². The molecular weight excluding hydrogens is 416 g/mol. The van der Waals surface area contributed by atoms with Crippen LogP contribution in [0.5, 0.6) is 11.5 Å². The zero-order valence-electron chi connectivity index (χ0n) is 18.5. The summed E-state index contributed by atoms with van der Waals surface area (Å²) in [6.07, 6.45) is 2.68. The smallest absolute Gasteiger partial charge is 0.310 e. The summed E-state index contributed by atoms with van der Waals surface area (Å²) in [4.78, 5) is 34.5. The number of nitrogens with one attached hydrogen (secondary N) is 1. The van der Waals surface area contributed by atoms with E-state index in [9.17, 15) is 19.7 Å². The number of unbranched alkanes of at least 4 members (excludes halogenated alkanes) is 2. The Hall–Kier alpha value is -3.62. The molecule has 0 aliphatic carbocycles. The molecule has 9 heteroatoms. The van der Waals surface area contributed by atoms with Gasteiger partial charge in [-0.2, -0.15) is 0 Å². The Kier molecular flexibility index (Phi) is 9.46. The van der Waals surface area contributed by atoms with Crippen LogP contribution in [-0.2, 0) is 9.53 Å². The molecule has 0 spiro atoms. The average Bonchev–Trinajstić information content (AvgIpc) is 2.77. The Bertz CT molecular complexity index is 959. The third kappa shape index (κ3) is 7.26. The van der Waals surface area contributed by atoms with Crippen LogP contribution in [0.4, 0.5) is 11.4 Å². The van der Waals surface area contributed by atoms with E-state index < -0.39 is 10.8 Å². The zero-order valence-corrected chi connectivity index (χ0v) is 18.5. The first-order valence-electron chi connectivity index (χ1n) is 10.4. The molecule has 9 nitrogen and oxygen atoms in total. The zero-order chi connectivity index (χ0) is 23.5. The lowest BCUT2D eigenvalue weighted by Crippen LogP contribution is -2.13. The van der Waals surface area contributed by atoms with Crippen LogP contribution in [0.3, 0.4) is 0 Å².